The van der Waals surface area contributed by atoms with Gasteiger partial charge in [-0.15, -0.1) is 17.5 Å². The Labute approximate surface area is 153 Å². The zero-order valence-electron chi connectivity index (χ0n) is 14.2. The van der Waals surface area contributed by atoms with Gasteiger partial charge in [-0.2, -0.15) is 0 Å². The van der Waals surface area contributed by atoms with Crippen LogP contribution in [0, 0.1) is 0 Å². The molecule has 0 radical (unpaired) electrons. The highest BCUT2D eigenvalue weighted by Gasteiger charge is 2.20. The second-order valence-corrected chi connectivity index (χ2v) is 6.12. The van der Waals surface area contributed by atoms with Gasteiger partial charge in [-0.05, 0) is 26.1 Å². The molecule has 132 valence electrons. The lowest BCUT2D eigenvalue weighted by atomic mass is 10.2. The van der Waals surface area contributed by atoms with Crippen molar-refractivity contribution in [2.45, 2.75) is 32.7 Å². The Balaban J connectivity index is 0.00000288. The first kappa shape index (κ1) is 20.4. The Morgan fingerprint density at radius 1 is 1.29 bits per heavy atom. The van der Waals surface area contributed by atoms with Crippen molar-refractivity contribution in [2.75, 3.05) is 13.6 Å². The van der Waals surface area contributed by atoms with Crippen molar-refractivity contribution in [3.63, 3.8) is 0 Å². The van der Waals surface area contributed by atoms with Crippen molar-refractivity contribution in [1.82, 2.24) is 25.4 Å². The van der Waals surface area contributed by atoms with E-state index in [0.717, 1.165) is 0 Å². The number of para-hydroxylation sites is 1. The Hall–Kier alpha value is -1.63. The largest absolute Gasteiger partial charge is 0.348 e. The Morgan fingerprint density at radius 3 is 2.54 bits per heavy atom. The van der Waals surface area contributed by atoms with Crippen molar-refractivity contribution in [2.24, 2.45) is 0 Å². The molecule has 1 atom stereocenters. The number of carbonyl (C=O) groups is 1. The van der Waals surface area contributed by atoms with E-state index in [0.29, 0.717) is 23.1 Å². The van der Waals surface area contributed by atoms with E-state index < -0.39 is 0 Å². The van der Waals surface area contributed by atoms with Gasteiger partial charge in [0.2, 0.25) is 5.82 Å². The van der Waals surface area contributed by atoms with Gasteiger partial charge in [0.25, 0.3) is 5.91 Å². The van der Waals surface area contributed by atoms with E-state index in [9.17, 15) is 4.79 Å². The van der Waals surface area contributed by atoms with Crippen LogP contribution in [0.4, 0.5) is 0 Å². The van der Waals surface area contributed by atoms with Crippen molar-refractivity contribution in [3.8, 4) is 5.69 Å². The number of rotatable bonds is 6. The van der Waals surface area contributed by atoms with Crippen molar-refractivity contribution < 1.29 is 4.79 Å². The highest BCUT2D eigenvalue weighted by Crippen LogP contribution is 2.23. The molecule has 0 fully saturated rings. The third kappa shape index (κ3) is 4.69. The van der Waals surface area contributed by atoms with Crippen LogP contribution in [0.3, 0.4) is 0 Å². The molecule has 1 aromatic heterocycles. The van der Waals surface area contributed by atoms with Crippen LogP contribution >= 0.6 is 24.0 Å². The second-order valence-electron chi connectivity index (χ2n) is 5.71. The zero-order chi connectivity index (χ0) is 17.0. The molecule has 0 saturated heterocycles. The number of nitrogens with one attached hydrogen (secondary N) is 2. The molecule has 0 spiro atoms. The standard InChI is InChI=1S/C16H22ClN5O.ClH/c1-10(2)15-20-14(16(23)19-9-11(3)18-4)21-22(15)13-8-6-5-7-12(13)17;/h5-8,10-11,18H,9H2,1-4H3,(H,19,23);1H. The maximum absolute atomic E-state index is 12.3. The molecule has 0 saturated carbocycles. The van der Waals surface area contributed by atoms with E-state index in [1.165, 1.54) is 0 Å². The highest BCUT2D eigenvalue weighted by atomic mass is 35.5. The quantitative estimate of drug-likeness (QED) is 0.818. The van der Waals surface area contributed by atoms with Gasteiger partial charge < -0.3 is 10.6 Å². The van der Waals surface area contributed by atoms with Crippen LogP contribution in [0.1, 0.15) is 43.1 Å². The summed E-state index contributed by atoms with van der Waals surface area (Å²) < 4.78 is 1.64. The number of likely N-dealkylation sites (N-methyl/N-ethyl adjacent to an activating group) is 1. The number of hydrogen-bond donors (Lipinski definition) is 2. The van der Waals surface area contributed by atoms with Crippen LogP contribution in [0.2, 0.25) is 5.02 Å². The summed E-state index contributed by atoms with van der Waals surface area (Å²) in [6.07, 6.45) is 0. The lowest BCUT2D eigenvalue weighted by molar-refractivity contribution is 0.0940. The minimum atomic E-state index is -0.292. The molecule has 0 aliphatic rings. The number of amides is 1. The van der Waals surface area contributed by atoms with E-state index in [1.807, 2.05) is 46.0 Å². The summed E-state index contributed by atoms with van der Waals surface area (Å²) in [5.41, 5.74) is 0.716. The molecule has 1 heterocycles. The van der Waals surface area contributed by atoms with Crippen LogP contribution in [0.25, 0.3) is 5.69 Å². The summed E-state index contributed by atoms with van der Waals surface area (Å²) in [5, 5.41) is 10.8. The van der Waals surface area contributed by atoms with Gasteiger partial charge in [-0.3, -0.25) is 4.79 Å². The Morgan fingerprint density at radius 2 is 1.96 bits per heavy atom. The first-order chi connectivity index (χ1) is 10.9. The fourth-order valence-corrected chi connectivity index (χ4v) is 2.24. The summed E-state index contributed by atoms with van der Waals surface area (Å²) in [6.45, 7) is 6.49. The van der Waals surface area contributed by atoms with E-state index in [2.05, 4.69) is 20.7 Å². The molecule has 0 aliphatic carbocycles. The minimum Gasteiger partial charge on any atom is -0.348 e. The zero-order valence-corrected chi connectivity index (χ0v) is 15.8. The minimum absolute atomic E-state index is 0. The van der Waals surface area contributed by atoms with Gasteiger partial charge in [0.05, 0.1) is 10.7 Å². The summed E-state index contributed by atoms with van der Waals surface area (Å²) in [6, 6.07) is 7.55. The molecule has 2 N–H and O–H groups in total. The number of carbonyl (C=O) groups excluding carboxylic acids is 1. The van der Waals surface area contributed by atoms with Crippen LogP contribution in [-0.4, -0.2) is 40.3 Å². The summed E-state index contributed by atoms with van der Waals surface area (Å²) >= 11 is 6.25. The number of aromatic nitrogens is 3. The molecule has 24 heavy (non-hydrogen) atoms. The summed E-state index contributed by atoms with van der Waals surface area (Å²) in [4.78, 5) is 16.7. The van der Waals surface area contributed by atoms with Gasteiger partial charge in [-0.1, -0.05) is 37.6 Å². The topological polar surface area (TPSA) is 71.8 Å². The van der Waals surface area contributed by atoms with Crippen LogP contribution in [0.15, 0.2) is 24.3 Å². The first-order valence-corrected chi connectivity index (χ1v) is 7.99. The maximum Gasteiger partial charge on any atom is 0.291 e. The van der Waals surface area contributed by atoms with Crippen molar-refractivity contribution in [3.05, 3.63) is 40.9 Å². The molecule has 2 rings (SSSR count). The third-order valence-electron chi connectivity index (χ3n) is 3.49. The normalized spacial score (nSPS) is 11.9. The first-order valence-electron chi connectivity index (χ1n) is 7.61. The highest BCUT2D eigenvalue weighted by molar-refractivity contribution is 6.32. The van der Waals surface area contributed by atoms with Gasteiger partial charge in [0, 0.05) is 18.5 Å². The van der Waals surface area contributed by atoms with Gasteiger partial charge >= 0.3 is 0 Å². The SMILES string of the molecule is CNC(C)CNC(=O)c1nc(C(C)C)n(-c2ccccc2Cl)n1.Cl. The molecule has 8 heteroatoms. The predicted octanol–water partition coefficient (Wildman–Crippen LogP) is 2.80. The lowest BCUT2D eigenvalue weighted by Gasteiger charge is -2.09. The molecular weight excluding hydrogens is 349 g/mol. The summed E-state index contributed by atoms with van der Waals surface area (Å²) in [7, 11) is 1.85. The van der Waals surface area contributed by atoms with E-state index >= 15 is 0 Å². The molecular formula is C16H23Cl2N5O. The number of benzene rings is 1. The molecule has 0 aliphatic heterocycles. The molecule has 6 nitrogen and oxygen atoms in total. The van der Waals surface area contributed by atoms with E-state index in [1.54, 1.807) is 10.7 Å². The number of halogens is 2. The average Bonchev–Trinajstić information content (AvgIpc) is 2.98. The Kier molecular flexibility index (Phi) is 7.66. The lowest BCUT2D eigenvalue weighted by Crippen LogP contribution is -2.37. The van der Waals surface area contributed by atoms with E-state index in [4.69, 9.17) is 11.6 Å². The van der Waals surface area contributed by atoms with Crippen LogP contribution in [-0.2, 0) is 0 Å². The van der Waals surface area contributed by atoms with Crippen LogP contribution in [0.5, 0.6) is 0 Å². The number of hydrogen-bond acceptors (Lipinski definition) is 4. The summed E-state index contributed by atoms with van der Waals surface area (Å²) in [5.74, 6) is 0.665. The van der Waals surface area contributed by atoms with Crippen molar-refractivity contribution >= 4 is 29.9 Å². The van der Waals surface area contributed by atoms with Crippen LogP contribution < -0.4 is 10.6 Å². The molecule has 2 aromatic rings. The molecule has 1 unspecified atom stereocenters. The van der Waals surface area contributed by atoms with E-state index in [-0.39, 0.29) is 36.1 Å². The second kappa shape index (κ2) is 9.01. The number of nitrogens with zero attached hydrogens (tertiary/aromatic N) is 3. The monoisotopic (exact) mass is 371 g/mol. The maximum atomic E-state index is 12.3. The fraction of sp³-hybridized carbons (Fsp3) is 0.438. The van der Waals surface area contributed by atoms with Crippen molar-refractivity contribution in [1.29, 1.82) is 0 Å². The van der Waals surface area contributed by atoms with Gasteiger partial charge in [-0.25, -0.2) is 9.67 Å². The molecule has 1 amide bonds. The smallest absolute Gasteiger partial charge is 0.291 e. The Bertz CT molecular complexity index is 687. The third-order valence-corrected chi connectivity index (χ3v) is 3.81. The molecule has 1 aromatic carbocycles. The molecule has 0 bridgehead atoms. The fourth-order valence-electron chi connectivity index (χ4n) is 2.02. The predicted molar refractivity (Wildman–Crippen MR) is 98.6 cm³/mol. The average molecular weight is 372 g/mol. The van der Waals surface area contributed by atoms with Gasteiger partial charge in [0.1, 0.15) is 5.82 Å². The van der Waals surface area contributed by atoms with Gasteiger partial charge in [0.15, 0.2) is 0 Å².